The number of carboxylic acids is 1. The Labute approximate surface area is 82.1 Å². The molecule has 0 radical (unpaired) electrons. The molecule has 1 saturated carbocycles. The van der Waals surface area contributed by atoms with E-state index >= 15 is 0 Å². The van der Waals surface area contributed by atoms with Crippen LogP contribution in [0.25, 0.3) is 0 Å². The second kappa shape index (κ2) is 3.24. The number of likely N-dealkylation sites (tertiary alicyclic amines) is 1. The van der Waals surface area contributed by atoms with Crippen molar-refractivity contribution >= 4 is 12.4 Å². The highest BCUT2D eigenvalue weighted by atomic mass is 16.4. The van der Waals surface area contributed by atoms with Gasteiger partial charge in [0.25, 0.3) is 0 Å². The van der Waals surface area contributed by atoms with E-state index in [1.165, 1.54) is 0 Å². The first-order valence-corrected chi connectivity index (χ1v) is 4.77. The van der Waals surface area contributed by atoms with E-state index in [9.17, 15) is 9.59 Å². The standard InChI is InChI=1S/C9H14N2O3/c12-6-10-7-1-9(2-7)4-11(5-9)3-8(13)14/h6-7H,1-5H2,(H,10,12)(H,13,14). The normalized spacial score (nSPS) is 25.1. The Morgan fingerprint density at radius 2 is 2.21 bits per heavy atom. The van der Waals surface area contributed by atoms with Gasteiger partial charge in [-0.1, -0.05) is 0 Å². The van der Waals surface area contributed by atoms with E-state index in [-0.39, 0.29) is 6.54 Å². The Morgan fingerprint density at radius 1 is 1.57 bits per heavy atom. The smallest absolute Gasteiger partial charge is 0.317 e. The van der Waals surface area contributed by atoms with Crippen molar-refractivity contribution in [3.8, 4) is 0 Å². The molecular formula is C9H14N2O3. The van der Waals surface area contributed by atoms with Crippen LogP contribution in [-0.4, -0.2) is 48.1 Å². The van der Waals surface area contributed by atoms with Crippen molar-refractivity contribution in [2.75, 3.05) is 19.6 Å². The summed E-state index contributed by atoms with van der Waals surface area (Å²) in [4.78, 5) is 22.5. The van der Waals surface area contributed by atoms with Crippen LogP contribution in [0.5, 0.6) is 0 Å². The maximum atomic E-state index is 10.4. The lowest BCUT2D eigenvalue weighted by Gasteiger charge is -2.58. The SMILES string of the molecule is O=CNC1CC2(C1)CN(CC(=O)O)C2. The van der Waals surface area contributed by atoms with Gasteiger partial charge < -0.3 is 10.4 Å². The maximum absolute atomic E-state index is 10.4. The van der Waals surface area contributed by atoms with Crippen LogP contribution < -0.4 is 5.32 Å². The van der Waals surface area contributed by atoms with E-state index in [1.54, 1.807) is 0 Å². The van der Waals surface area contributed by atoms with Gasteiger partial charge in [0.15, 0.2) is 0 Å². The Bertz CT molecular complexity index is 253. The number of hydrogen-bond acceptors (Lipinski definition) is 3. The molecule has 0 aromatic rings. The van der Waals surface area contributed by atoms with E-state index in [1.807, 2.05) is 4.90 Å². The van der Waals surface area contributed by atoms with E-state index < -0.39 is 5.97 Å². The topological polar surface area (TPSA) is 69.6 Å². The van der Waals surface area contributed by atoms with Crippen molar-refractivity contribution in [2.45, 2.75) is 18.9 Å². The van der Waals surface area contributed by atoms with Crippen LogP contribution >= 0.6 is 0 Å². The van der Waals surface area contributed by atoms with Crippen LogP contribution in [0.1, 0.15) is 12.8 Å². The molecule has 14 heavy (non-hydrogen) atoms. The predicted octanol–water partition coefficient (Wildman–Crippen LogP) is -0.719. The van der Waals surface area contributed by atoms with Gasteiger partial charge in [-0.3, -0.25) is 14.5 Å². The number of carboxylic acid groups (broad SMARTS) is 1. The molecule has 0 unspecified atom stereocenters. The molecule has 2 rings (SSSR count). The molecule has 1 saturated heterocycles. The Kier molecular flexibility index (Phi) is 2.19. The van der Waals surface area contributed by atoms with Crippen molar-refractivity contribution in [3.05, 3.63) is 0 Å². The molecule has 2 aliphatic rings. The van der Waals surface area contributed by atoms with Crippen molar-refractivity contribution < 1.29 is 14.7 Å². The van der Waals surface area contributed by atoms with Gasteiger partial charge in [-0.25, -0.2) is 0 Å². The molecule has 5 nitrogen and oxygen atoms in total. The highest BCUT2D eigenvalue weighted by Gasteiger charge is 2.52. The quantitative estimate of drug-likeness (QED) is 0.585. The van der Waals surface area contributed by atoms with Gasteiger partial charge in [0.2, 0.25) is 6.41 Å². The number of amides is 1. The van der Waals surface area contributed by atoms with Crippen LogP contribution in [0.15, 0.2) is 0 Å². The minimum absolute atomic E-state index is 0.146. The molecule has 1 aliphatic heterocycles. The molecule has 0 atom stereocenters. The zero-order valence-electron chi connectivity index (χ0n) is 7.90. The third-order valence-corrected chi connectivity index (χ3v) is 3.14. The van der Waals surface area contributed by atoms with Gasteiger partial charge >= 0.3 is 5.97 Å². The molecule has 5 heteroatoms. The molecule has 1 aliphatic carbocycles. The fraction of sp³-hybridized carbons (Fsp3) is 0.778. The first kappa shape index (κ1) is 9.45. The van der Waals surface area contributed by atoms with Crippen molar-refractivity contribution in [3.63, 3.8) is 0 Å². The molecule has 0 bridgehead atoms. The number of carbonyl (C=O) groups is 2. The van der Waals surface area contributed by atoms with Crippen molar-refractivity contribution in [1.82, 2.24) is 10.2 Å². The van der Waals surface area contributed by atoms with Crippen LogP contribution in [0, 0.1) is 5.41 Å². The van der Waals surface area contributed by atoms with Gasteiger partial charge in [-0.2, -0.15) is 0 Å². The summed E-state index contributed by atoms with van der Waals surface area (Å²) in [7, 11) is 0. The zero-order valence-corrected chi connectivity index (χ0v) is 7.90. The lowest BCUT2D eigenvalue weighted by Crippen LogP contribution is -2.66. The summed E-state index contributed by atoms with van der Waals surface area (Å²) in [5, 5.41) is 11.3. The lowest BCUT2D eigenvalue weighted by molar-refractivity contribution is -0.145. The van der Waals surface area contributed by atoms with Crippen LogP contribution in [0.2, 0.25) is 0 Å². The van der Waals surface area contributed by atoms with E-state index in [4.69, 9.17) is 5.11 Å². The summed E-state index contributed by atoms with van der Waals surface area (Å²) in [5.74, 6) is -0.762. The van der Waals surface area contributed by atoms with Gasteiger partial charge in [-0.05, 0) is 18.3 Å². The van der Waals surface area contributed by atoms with Crippen LogP contribution in [0.4, 0.5) is 0 Å². The van der Waals surface area contributed by atoms with Crippen LogP contribution in [0.3, 0.4) is 0 Å². The van der Waals surface area contributed by atoms with E-state index in [0.717, 1.165) is 32.3 Å². The Balaban J connectivity index is 1.69. The number of nitrogens with one attached hydrogen (secondary N) is 1. The number of hydrogen-bond donors (Lipinski definition) is 2. The van der Waals surface area contributed by atoms with Crippen molar-refractivity contribution in [2.24, 2.45) is 5.41 Å². The third-order valence-electron chi connectivity index (χ3n) is 3.14. The first-order chi connectivity index (χ1) is 6.63. The molecule has 1 heterocycles. The molecule has 0 aromatic carbocycles. The molecule has 2 N–H and O–H groups in total. The predicted molar refractivity (Wildman–Crippen MR) is 48.7 cm³/mol. The zero-order chi connectivity index (χ0) is 10.2. The minimum atomic E-state index is -0.762. The summed E-state index contributed by atoms with van der Waals surface area (Å²) in [6.45, 7) is 1.89. The van der Waals surface area contributed by atoms with Gasteiger partial charge in [0.05, 0.1) is 6.54 Å². The molecule has 0 aromatic heterocycles. The fourth-order valence-corrected chi connectivity index (χ4v) is 2.66. The first-order valence-electron chi connectivity index (χ1n) is 4.77. The number of nitrogens with zero attached hydrogens (tertiary/aromatic N) is 1. The summed E-state index contributed by atoms with van der Waals surface area (Å²) in [6.07, 6.45) is 2.74. The summed E-state index contributed by atoms with van der Waals surface area (Å²) >= 11 is 0. The van der Waals surface area contributed by atoms with E-state index in [2.05, 4.69) is 5.32 Å². The second-order valence-corrected chi connectivity index (χ2v) is 4.43. The average molecular weight is 198 g/mol. The minimum Gasteiger partial charge on any atom is -0.480 e. The molecule has 1 amide bonds. The molecule has 1 spiro atoms. The highest BCUT2D eigenvalue weighted by molar-refractivity contribution is 5.69. The summed E-state index contributed by atoms with van der Waals surface area (Å²) in [5.41, 5.74) is 0.316. The largest absolute Gasteiger partial charge is 0.480 e. The lowest BCUT2D eigenvalue weighted by atomic mass is 9.61. The Morgan fingerprint density at radius 3 is 2.71 bits per heavy atom. The maximum Gasteiger partial charge on any atom is 0.317 e. The monoisotopic (exact) mass is 198 g/mol. The van der Waals surface area contributed by atoms with Crippen molar-refractivity contribution in [1.29, 1.82) is 0 Å². The second-order valence-electron chi connectivity index (χ2n) is 4.43. The molecule has 2 fully saturated rings. The summed E-state index contributed by atoms with van der Waals surface area (Å²) in [6, 6.07) is 0.319. The average Bonchev–Trinajstić information content (AvgIpc) is 1.95. The molecule has 78 valence electrons. The van der Waals surface area contributed by atoms with Crippen LogP contribution in [-0.2, 0) is 9.59 Å². The van der Waals surface area contributed by atoms with E-state index in [0.29, 0.717) is 11.5 Å². The number of rotatable bonds is 4. The van der Waals surface area contributed by atoms with Gasteiger partial charge in [0.1, 0.15) is 0 Å². The fourth-order valence-electron chi connectivity index (χ4n) is 2.66. The Hall–Kier alpha value is -1.10. The van der Waals surface area contributed by atoms with Gasteiger partial charge in [-0.15, -0.1) is 0 Å². The third kappa shape index (κ3) is 1.59. The number of aliphatic carboxylic acids is 1. The van der Waals surface area contributed by atoms with Gasteiger partial charge in [0, 0.05) is 19.1 Å². The highest BCUT2D eigenvalue weighted by Crippen LogP contribution is 2.47. The molecular weight excluding hydrogens is 184 g/mol. The summed E-state index contributed by atoms with van der Waals surface area (Å²) < 4.78 is 0. The number of carbonyl (C=O) groups excluding carboxylic acids is 1.